The number of carbonyl (C=O) groups excluding carboxylic acids is 2. The normalized spacial score (nSPS) is 23.8. The van der Waals surface area contributed by atoms with Crippen LogP contribution >= 0.6 is 11.8 Å². The lowest BCUT2D eigenvalue weighted by molar-refractivity contribution is -0.139. The summed E-state index contributed by atoms with van der Waals surface area (Å²) in [6.07, 6.45) is 1.49. The van der Waals surface area contributed by atoms with Gasteiger partial charge in [0.1, 0.15) is 0 Å². The van der Waals surface area contributed by atoms with Gasteiger partial charge in [0.25, 0.3) is 0 Å². The van der Waals surface area contributed by atoms with Gasteiger partial charge in [0.05, 0.1) is 24.3 Å². The Bertz CT molecular complexity index is 469. The number of esters is 2. The fraction of sp³-hybridized carbons (Fsp3) is 0.538. The Labute approximate surface area is 116 Å². The van der Waals surface area contributed by atoms with Crippen molar-refractivity contribution < 1.29 is 19.1 Å². The molecule has 6 heteroatoms. The number of fused-ring (bicyclic) bond motifs is 1. The molecule has 2 rings (SSSR count). The molecule has 2 aliphatic rings. The van der Waals surface area contributed by atoms with Crippen molar-refractivity contribution in [3.8, 4) is 0 Å². The molecule has 104 valence electrons. The molecule has 2 aliphatic heterocycles. The molecular weight excluding hydrogens is 266 g/mol. The summed E-state index contributed by atoms with van der Waals surface area (Å²) in [6.45, 7) is 4.87. The highest BCUT2D eigenvalue weighted by Gasteiger charge is 2.39. The van der Waals surface area contributed by atoms with Crippen molar-refractivity contribution in [2.45, 2.75) is 13.8 Å². The Hall–Kier alpha value is -1.43. The van der Waals surface area contributed by atoms with Gasteiger partial charge in [-0.25, -0.2) is 9.59 Å². The average molecular weight is 283 g/mol. The van der Waals surface area contributed by atoms with E-state index in [4.69, 9.17) is 4.74 Å². The van der Waals surface area contributed by atoms with Gasteiger partial charge in [0.15, 0.2) is 0 Å². The SMILES string of the molecule is CCOC(=O)C1=C2SCC(=CC(=O)OC)N2CC1C. The number of rotatable bonds is 3. The van der Waals surface area contributed by atoms with Gasteiger partial charge in [-0.05, 0) is 6.92 Å². The summed E-state index contributed by atoms with van der Waals surface area (Å²) >= 11 is 1.57. The fourth-order valence-corrected chi connectivity index (χ4v) is 3.55. The second-order valence-corrected chi connectivity index (χ2v) is 5.36. The summed E-state index contributed by atoms with van der Waals surface area (Å²) in [4.78, 5) is 25.3. The second kappa shape index (κ2) is 5.69. The van der Waals surface area contributed by atoms with Crippen LogP contribution in [-0.2, 0) is 19.1 Å². The molecule has 0 aromatic carbocycles. The van der Waals surface area contributed by atoms with E-state index in [1.54, 1.807) is 18.7 Å². The monoisotopic (exact) mass is 283 g/mol. The molecule has 0 amide bonds. The van der Waals surface area contributed by atoms with Crippen LogP contribution in [0.3, 0.4) is 0 Å². The van der Waals surface area contributed by atoms with Gasteiger partial charge in [-0.1, -0.05) is 6.92 Å². The fourth-order valence-electron chi connectivity index (χ4n) is 2.24. The van der Waals surface area contributed by atoms with E-state index in [0.717, 1.165) is 16.3 Å². The van der Waals surface area contributed by atoms with Crippen molar-refractivity contribution >= 4 is 23.7 Å². The lowest BCUT2D eigenvalue weighted by Gasteiger charge is -2.15. The van der Waals surface area contributed by atoms with E-state index in [1.807, 2.05) is 11.8 Å². The third-order valence-electron chi connectivity index (χ3n) is 3.11. The van der Waals surface area contributed by atoms with Crippen molar-refractivity contribution in [1.29, 1.82) is 0 Å². The number of methoxy groups -OCH3 is 1. The van der Waals surface area contributed by atoms with Gasteiger partial charge < -0.3 is 14.4 Å². The maximum absolute atomic E-state index is 12.0. The first kappa shape index (κ1) is 14.0. The van der Waals surface area contributed by atoms with Crippen molar-refractivity contribution in [3.63, 3.8) is 0 Å². The van der Waals surface area contributed by atoms with Crippen LogP contribution in [0.15, 0.2) is 22.4 Å². The summed E-state index contributed by atoms with van der Waals surface area (Å²) in [5, 5.41) is 0.918. The number of hydrogen-bond donors (Lipinski definition) is 0. The molecule has 0 saturated carbocycles. The summed E-state index contributed by atoms with van der Waals surface area (Å²) < 4.78 is 9.74. The van der Waals surface area contributed by atoms with Crippen molar-refractivity contribution in [1.82, 2.24) is 4.90 Å². The lowest BCUT2D eigenvalue weighted by atomic mass is 10.1. The minimum atomic E-state index is -0.367. The van der Waals surface area contributed by atoms with Gasteiger partial charge in [-0.2, -0.15) is 0 Å². The van der Waals surface area contributed by atoms with Crippen molar-refractivity contribution in [3.05, 3.63) is 22.4 Å². The van der Waals surface area contributed by atoms with Gasteiger partial charge in [0.2, 0.25) is 0 Å². The molecular formula is C13H17NO4S. The van der Waals surface area contributed by atoms with Crippen LogP contribution in [0.2, 0.25) is 0 Å². The van der Waals surface area contributed by atoms with Gasteiger partial charge in [-0.15, -0.1) is 11.8 Å². The number of hydrogen-bond acceptors (Lipinski definition) is 6. The Morgan fingerprint density at radius 1 is 1.53 bits per heavy atom. The predicted octanol–water partition coefficient (Wildman–Crippen LogP) is 1.52. The molecule has 0 radical (unpaired) electrons. The minimum Gasteiger partial charge on any atom is -0.466 e. The second-order valence-electron chi connectivity index (χ2n) is 4.40. The molecule has 0 spiro atoms. The zero-order valence-electron chi connectivity index (χ0n) is 11.3. The highest BCUT2D eigenvalue weighted by atomic mass is 32.2. The quantitative estimate of drug-likeness (QED) is 0.578. The van der Waals surface area contributed by atoms with E-state index >= 15 is 0 Å². The van der Waals surface area contributed by atoms with E-state index in [9.17, 15) is 9.59 Å². The average Bonchev–Trinajstić information content (AvgIpc) is 2.88. The molecule has 0 N–H and O–H groups in total. The van der Waals surface area contributed by atoms with Crippen LogP contribution in [0.25, 0.3) is 0 Å². The van der Waals surface area contributed by atoms with Gasteiger partial charge >= 0.3 is 11.9 Å². The third-order valence-corrected chi connectivity index (χ3v) is 4.26. The predicted molar refractivity (Wildman–Crippen MR) is 72.1 cm³/mol. The molecule has 5 nitrogen and oxygen atoms in total. The van der Waals surface area contributed by atoms with Crippen LogP contribution < -0.4 is 0 Å². The molecule has 1 fully saturated rings. The van der Waals surface area contributed by atoms with Crippen molar-refractivity contribution in [2.75, 3.05) is 26.0 Å². The van der Waals surface area contributed by atoms with E-state index < -0.39 is 0 Å². The molecule has 1 unspecified atom stereocenters. The zero-order chi connectivity index (χ0) is 14.0. The van der Waals surface area contributed by atoms with Crippen LogP contribution in [0.4, 0.5) is 0 Å². The maximum atomic E-state index is 12.0. The zero-order valence-corrected chi connectivity index (χ0v) is 12.1. The van der Waals surface area contributed by atoms with E-state index in [0.29, 0.717) is 18.9 Å². The standard InChI is InChI=1S/C13H17NO4S/c1-4-18-13(16)11-8(2)6-14-9(5-10(15)17-3)7-19-12(11)14/h5,8H,4,6-7H2,1-3H3. The molecule has 0 bridgehead atoms. The summed E-state index contributed by atoms with van der Waals surface area (Å²) in [6, 6.07) is 0. The Balaban J connectivity index is 2.26. The van der Waals surface area contributed by atoms with Crippen LogP contribution in [0.5, 0.6) is 0 Å². The Kier molecular flexibility index (Phi) is 4.19. The van der Waals surface area contributed by atoms with E-state index in [1.165, 1.54) is 13.2 Å². The summed E-state index contributed by atoms with van der Waals surface area (Å²) in [5.41, 5.74) is 1.61. The van der Waals surface area contributed by atoms with E-state index in [2.05, 4.69) is 4.74 Å². The number of ether oxygens (including phenoxy) is 2. The Morgan fingerprint density at radius 3 is 2.89 bits per heavy atom. The van der Waals surface area contributed by atoms with Crippen LogP contribution in [0, 0.1) is 5.92 Å². The molecule has 1 saturated heterocycles. The van der Waals surface area contributed by atoms with Crippen LogP contribution in [-0.4, -0.2) is 42.9 Å². The lowest BCUT2D eigenvalue weighted by Crippen LogP contribution is -2.18. The first-order valence-electron chi connectivity index (χ1n) is 6.18. The maximum Gasteiger partial charge on any atom is 0.337 e. The molecule has 2 heterocycles. The van der Waals surface area contributed by atoms with Crippen LogP contribution in [0.1, 0.15) is 13.8 Å². The molecule has 1 atom stereocenters. The third kappa shape index (κ3) is 2.63. The molecule has 0 aromatic heterocycles. The number of nitrogens with zero attached hydrogens (tertiary/aromatic N) is 1. The number of thioether (sulfide) groups is 1. The highest BCUT2D eigenvalue weighted by Crippen LogP contribution is 2.44. The minimum absolute atomic E-state index is 0.114. The van der Waals surface area contributed by atoms with Crippen molar-refractivity contribution in [2.24, 2.45) is 5.92 Å². The molecule has 19 heavy (non-hydrogen) atoms. The largest absolute Gasteiger partial charge is 0.466 e. The summed E-state index contributed by atoms with van der Waals surface area (Å²) in [5.74, 6) is 0.177. The molecule has 0 aromatic rings. The first-order chi connectivity index (χ1) is 9.08. The van der Waals surface area contributed by atoms with Gasteiger partial charge in [-0.3, -0.25) is 0 Å². The highest BCUT2D eigenvalue weighted by molar-refractivity contribution is 8.03. The van der Waals surface area contributed by atoms with E-state index in [-0.39, 0.29) is 17.9 Å². The first-order valence-corrected chi connectivity index (χ1v) is 7.17. The smallest absolute Gasteiger partial charge is 0.337 e. The van der Waals surface area contributed by atoms with Gasteiger partial charge in [0, 0.05) is 30.0 Å². The topological polar surface area (TPSA) is 55.8 Å². The molecule has 0 aliphatic carbocycles. The summed E-state index contributed by atoms with van der Waals surface area (Å²) in [7, 11) is 1.36. The number of carbonyl (C=O) groups is 2. The Morgan fingerprint density at radius 2 is 2.26 bits per heavy atom.